The van der Waals surface area contributed by atoms with Crippen LogP contribution in [-0.4, -0.2) is 9.55 Å². The molecular formula is C62H59N4OPt-3. The zero-order chi connectivity index (χ0) is 46.9. The smallest absolute Gasteiger partial charge is 0.135 e. The number of aromatic nitrogens is 2. The first-order chi connectivity index (χ1) is 32.0. The van der Waals surface area contributed by atoms with Crippen LogP contribution in [0.5, 0.6) is 11.5 Å². The third-order valence-electron chi connectivity index (χ3n) is 13.9. The summed E-state index contributed by atoms with van der Waals surface area (Å²) < 4.78 is 9.02. The van der Waals surface area contributed by atoms with Gasteiger partial charge in [-0.05, 0) is 92.1 Å². The van der Waals surface area contributed by atoms with Crippen LogP contribution in [-0.2, 0) is 42.7 Å². The molecule has 9 aromatic rings. The Bertz CT molecular complexity index is 3280. The van der Waals surface area contributed by atoms with Crippen LogP contribution < -0.4 is 14.5 Å². The number of pyridine rings is 1. The molecule has 0 aliphatic carbocycles. The van der Waals surface area contributed by atoms with Crippen LogP contribution in [0.2, 0.25) is 0 Å². The second kappa shape index (κ2) is 17.6. The first kappa shape index (κ1) is 46.7. The number of hydrogen-bond acceptors (Lipinski definition) is 4. The minimum Gasteiger partial charge on any atom is -0.509 e. The van der Waals surface area contributed by atoms with Gasteiger partial charge in [0.1, 0.15) is 5.82 Å². The summed E-state index contributed by atoms with van der Waals surface area (Å²) in [5, 5.41) is 2.23. The summed E-state index contributed by atoms with van der Waals surface area (Å²) in [6.45, 7) is 24.9. The molecule has 0 bridgehead atoms. The monoisotopic (exact) mass is 1070 g/mol. The van der Waals surface area contributed by atoms with Crippen molar-refractivity contribution in [2.24, 2.45) is 0 Å². The van der Waals surface area contributed by atoms with Crippen molar-refractivity contribution in [3.63, 3.8) is 0 Å². The van der Waals surface area contributed by atoms with Crippen molar-refractivity contribution in [2.45, 2.75) is 90.9 Å². The van der Waals surface area contributed by atoms with Crippen LogP contribution in [0.25, 0.3) is 27.6 Å². The van der Waals surface area contributed by atoms with E-state index in [9.17, 15) is 0 Å². The maximum Gasteiger partial charge on any atom is 0.135 e. The summed E-state index contributed by atoms with van der Waals surface area (Å²) in [4.78, 5) is 9.56. The number of anilines is 4. The summed E-state index contributed by atoms with van der Waals surface area (Å²) in [6, 6.07) is 66.0. The molecule has 0 spiro atoms. The fourth-order valence-corrected chi connectivity index (χ4v) is 9.48. The summed E-state index contributed by atoms with van der Waals surface area (Å²) in [5.74, 6) is 2.04. The van der Waals surface area contributed by atoms with Gasteiger partial charge in [0.25, 0.3) is 0 Å². The van der Waals surface area contributed by atoms with E-state index in [-0.39, 0.29) is 42.7 Å². The SMILES string of the molecule is CC(C)(C)c1ccc2c(c1)N(c1[c-]c(Oc3[c-]c4c(cc3)c3ccc(C(C)(C)C)cc3n4-c3cc(C(C)(C)c4ccccc4)ccn3)ccc1)[CH-]N2c1cccc(C(C)(C)c2ccccc2)c1.[Pt]. The topological polar surface area (TPSA) is 33.5 Å². The zero-order valence-corrected chi connectivity index (χ0v) is 43.0. The number of fused-ring (bicyclic) bond motifs is 4. The van der Waals surface area contributed by atoms with Gasteiger partial charge in [-0.25, -0.2) is 4.98 Å². The van der Waals surface area contributed by atoms with E-state index in [4.69, 9.17) is 9.72 Å². The van der Waals surface area contributed by atoms with Crippen molar-refractivity contribution >= 4 is 44.6 Å². The average Bonchev–Trinajstić information content (AvgIpc) is 3.87. The van der Waals surface area contributed by atoms with Gasteiger partial charge >= 0.3 is 0 Å². The molecule has 0 N–H and O–H groups in total. The Labute approximate surface area is 417 Å². The molecule has 6 heteroatoms. The standard InChI is InChI=1S/C62H59N4O.Pt/c1-59(2,3)44-27-30-52-53-31-29-51(40-56(53)66(55(52)36-44)58-38-47(33-34-63-58)62(9,10)43-21-15-12-16-22-43)67-50-26-18-25-49(39-50)65-41-64(54-32-28-45(37-57(54)65)60(4,5)6)48-24-17-23-46(35-48)61(7,8)42-19-13-11-14-20-42;/h11-38,41H,1-10H3;/q-3;. The van der Waals surface area contributed by atoms with E-state index in [1.807, 2.05) is 24.4 Å². The Morgan fingerprint density at radius 2 is 1.06 bits per heavy atom. The maximum atomic E-state index is 6.76. The van der Waals surface area contributed by atoms with Crippen LogP contribution in [0.4, 0.5) is 22.7 Å². The minimum atomic E-state index is -0.241. The molecule has 0 saturated carbocycles. The molecule has 1 aliphatic heterocycles. The molecule has 0 atom stereocenters. The molecule has 1 aliphatic rings. The maximum absolute atomic E-state index is 6.76. The Kier molecular flexibility index (Phi) is 12.1. The molecule has 7 aromatic carbocycles. The van der Waals surface area contributed by atoms with Crippen molar-refractivity contribution in [2.75, 3.05) is 9.80 Å². The largest absolute Gasteiger partial charge is 0.509 e. The predicted octanol–water partition coefficient (Wildman–Crippen LogP) is 16.2. The van der Waals surface area contributed by atoms with Gasteiger partial charge in [-0.3, -0.25) is 0 Å². The number of benzene rings is 7. The molecule has 5 nitrogen and oxygen atoms in total. The van der Waals surface area contributed by atoms with E-state index in [1.165, 1.54) is 33.4 Å². The molecule has 2 aromatic heterocycles. The van der Waals surface area contributed by atoms with E-state index in [2.05, 4.69) is 248 Å². The van der Waals surface area contributed by atoms with E-state index < -0.39 is 0 Å². The minimum absolute atomic E-state index is 0. The zero-order valence-electron chi connectivity index (χ0n) is 40.8. The third kappa shape index (κ3) is 8.56. The van der Waals surface area contributed by atoms with E-state index in [1.54, 1.807) is 0 Å². The Morgan fingerprint density at radius 1 is 0.471 bits per heavy atom. The van der Waals surface area contributed by atoms with Crippen LogP contribution >= 0.6 is 0 Å². The van der Waals surface area contributed by atoms with Crippen LogP contribution in [0.15, 0.2) is 170 Å². The van der Waals surface area contributed by atoms with Crippen LogP contribution in [0.1, 0.15) is 103 Å². The van der Waals surface area contributed by atoms with Gasteiger partial charge in [0.15, 0.2) is 0 Å². The molecule has 0 fully saturated rings. The molecule has 68 heavy (non-hydrogen) atoms. The number of hydrogen-bond donors (Lipinski definition) is 0. The molecular weight excluding hydrogens is 1010 g/mol. The van der Waals surface area contributed by atoms with Crippen LogP contribution in [0, 0.1) is 18.8 Å². The fraction of sp³-hybridized carbons (Fsp3) is 0.226. The Balaban J connectivity index is 0.00000578. The number of ether oxygens (including phenoxy) is 1. The average molecular weight is 1070 g/mol. The Hall–Kier alpha value is -6.42. The van der Waals surface area contributed by atoms with Gasteiger partial charge in [0.05, 0.1) is 0 Å². The molecule has 3 heterocycles. The number of nitrogens with zero attached hydrogens (tertiary/aromatic N) is 4. The molecule has 0 unspecified atom stereocenters. The first-order valence-corrected chi connectivity index (χ1v) is 23.4. The normalized spacial score (nSPS) is 13.2. The second-order valence-electron chi connectivity index (χ2n) is 21.1. The van der Waals surface area contributed by atoms with Crippen LogP contribution in [0.3, 0.4) is 0 Å². The van der Waals surface area contributed by atoms with Gasteiger partial charge in [-0.2, -0.15) is 12.1 Å². The second-order valence-corrected chi connectivity index (χ2v) is 21.1. The quantitative estimate of drug-likeness (QED) is 0.135. The van der Waals surface area contributed by atoms with Crippen molar-refractivity contribution in [3.8, 4) is 17.3 Å². The van der Waals surface area contributed by atoms with E-state index in [0.29, 0.717) is 11.5 Å². The molecule has 346 valence electrons. The van der Waals surface area contributed by atoms with Gasteiger partial charge in [0, 0.05) is 72.2 Å². The predicted molar refractivity (Wildman–Crippen MR) is 279 cm³/mol. The number of rotatable bonds is 9. The van der Waals surface area contributed by atoms with Gasteiger partial charge in [-0.1, -0.05) is 166 Å². The van der Waals surface area contributed by atoms with Gasteiger partial charge in [0.2, 0.25) is 0 Å². The van der Waals surface area contributed by atoms with Crippen molar-refractivity contribution in [1.29, 1.82) is 0 Å². The summed E-state index contributed by atoms with van der Waals surface area (Å²) in [6.07, 6.45) is 1.93. The van der Waals surface area contributed by atoms with Crippen molar-refractivity contribution in [3.05, 3.63) is 222 Å². The molecule has 10 rings (SSSR count). The van der Waals surface area contributed by atoms with Crippen molar-refractivity contribution < 1.29 is 25.8 Å². The van der Waals surface area contributed by atoms with Gasteiger partial charge in [-0.15, -0.1) is 48.1 Å². The van der Waals surface area contributed by atoms with Gasteiger partial charge < -0.3 is 19.1 Å². The molecule has 0 radical (unpaired) electrons. The molecule has 0 amide bonds. The van der Waals surface area contributed by atoms with E-state index >= 15 is 0 Å². The van der Waals surface area contributed by atoms with E-state index in [0.717, 1.165) is 50.4 Å². The summed E-state index contributed by atoms with van der Waals surface area (Å²) >= 11 is 0. The van der Waals surface area contributed by atoms with Crippen molar-refractivity contribution in [1.82, 2.24) is 9.55 Å². The first-order valence-electron chi connectivity index (χ1n) is 23.4. The summed E-state index contributed by atoms with van der Waals surface area (Å²) in [7, 11) is 0. The summed E-state index contributed by atoms with van der Waals surface area (Å²) in [5.41, 5.74) is 13.1. The Morgan fingerprint density at radius 3 is 1.74 bits per heavy atom. The fourth-order valence-electron chi connectivity index (χ4n) is 9.48. The third-order valence-corrected chi connectivity index (χ3v) is 13.9. The molecule has 0 saturated heterocycles.